The predicted molar refractivity (Wildman–Crippen MR) is 126 cm³/mol. The fraction of sp³-hybridized carbons (Fsp3) is 0.200. The molecule has 35 heavy (non-hydrogen) atoms. The van der Waals surface area contributed by atoms with Crippen LogP contribution >= 0.6 is 23.2 Å². The summed E-state index contributed by atoms with van der Waals surface area (Å²) in [4.78, 5) is 27.4. The Morgan fingerprint density at radius 3 is 2.40 bits per heavy atom. The van der Waals surface area contributed by atoms with Gasteiger partial charge < -0.3 is 10.1 Å². The van der Waals surface area contributed by atoms with E-state index in [0.29, 0.717) is 15.7 Å². The number of alkyl halides is 3. The van der Waals surface area contributed by atoms with Gasteiger partial charge in [-0.3, -0.25) is 14.5 Å². The molecule has 5 nitrogen and oxygen atoms in total. The number of benzene rings is 3. The SMILES string of the molecule is O=C(NCc1ccc(Cl)cc1)[C@H]1OCC(=O)N(c2cccc(Cl)c2)[C@@H]1c1cccc(C(F)(F)F)c1. The van der Waals surface area contributed by atoms with Gasteiger partial charge in [0.15, 0.2) is 6.10 Å². The second-order valence-corrected chi connectivity index (χ2v) is 8.76. The standard InChI is InChI=1S/C25H19Cl2F3N2O3/c26-18-9-7-15(8-10-18)13-31-24(34)23-22(16-3-1-4-17(11-16)25(28,29)30)32(21(33)14-35-23)20-6-2-5-19(27)12-20/h1-12,22-23H,13-14H2,(H,31,34)/t22-,23+/m1/s1. The van der Waals surface area contributed by atoms with E-state index in [9.17, 15) is 22.8 Å². The molecule has 2 amide bonds. The van der Waals surface area contributed by atoms with E-state index in [0.717, 1.165) is 17.7 Å². The average molecular weight is 523 g/mol. The molecule has 1 saturated heterocycles. The Hall–Kier alpha value is -3.07. The van der Waals surface area contributed by atoms with Crippen molar-refractivity contribution in [2.75, 3.05) is 11.5 Å². The molecule has 1 aliphatic rings. The Kier molecular flexibility index (Phi) is 7.35. The van der Waals surface area contributed by atoms with Crippen LogP contribution in [-0.2, 0) is 27.0 Å². The second-order valence-electron chi connectivity index (χ2n) is 7.89. The van der Waals surface area contributed by atoms with Gasteiger partial charge >= 0.3 is 6.18 Å². The van der Waals surface area contributed by atoms with Crippen LogP contribution in [0.1, 0.15) is 22.7 Å². The van der Waals surface area contributed by atoms with E-state index in [-0.39, 0.29) is 12.1 Å². The van der Waals surface area contributed by atoms with Gasteiger partial charge in [-0.1, -0.05) is 53.5 Å². The molecule has 0 unspecified atom stereocenters. The van der Waals surface area contributed by atoms with Crippen molar-refractivity contribution in [2.45, 2.75) is 24.9 Å². The highest BCUT2D eigenvalue weighted by atomic mass is 35.5. The van der Waals surface area contributed by atoms with Crippen molar-refractivity contribution < 1.29 is 27.5 Å². The maximum absolute atomic E-state index is 13.5. The number of rotatable bonds is 5. The Bertz CT molecular complexity index is 1240. The molecule has 0 spiro atoms. The largest absolute Gasteiger partial charge is 0.416 e. The molecule has 0 bridgehead atoms. The topological polar surface area (TPSA) is 58.6 Å². The van der Waals surface area contributed by atoms with Gasteiger partial charge in [-0.05, 0) is 53.6 Å². The number of carbonyl (C=O) groups is 2. The summed E-state index contributed by atoms with van der Waals surface area (Å²) in [5, 5.41) is 3.60. The molecule has 0 aromatic heterocycles. The first kappa shape index (κ1) is 25.0. The molecule has 1 aliphatic heterocycles. The summed E-state index contributed by atoms with van der Waals surface area (Å²) >= 11 is 12.0. The highest BCUT2D eigenvalue weighted by Crippen LogP contribution is 2.38. The lowest BCUT2D eigenvalue weighted by Crippen LogP contribution is -2.54. The first-order chi connectivity index (χ1) is 16.6. The molecule has 0 radical (unpaired) electrons. The third-order valence-electron chi connectivity index (χ3n) is 5.50. The fourth-order valence-electron chi connectivity index (χ4n) is 3.88. The molecule has 3 aromatic rings. The van der Waals surface area contributed by atoms with Crippen LogP contribution in [0.2, 0.25) is 10.0 Å². The summed E-state index contributed by atoms with van der Waals surface area (Å²) < 4.78 is 46.0. The Morgan fingerprint density at radius 2 is 1.71 bits per heavy atom. The Balaban J connectivity index is 1.72. The fourth-order valence-corrected chi connectivity index (χ4v) is 4.19. The summed E-state index contributed by atoms with van der Waals surface area (Å²) in [6.07, 6.45) is -5.88. The summed E-state index contributed by atoms with van der Waals surface area (Å²) in [6.45, 7) is -0.294. The molecule has 4 rings (SSSR count). The van der Waals surface area contributed by atoms with Crippen molar-refractivity contribution in [3.8, 4) is 0 Å². The number of amides is 2. The number of nitrogens with one attached hydrogen (secondary N) is 1. The zero-order chi connectivity index (χ0) is 25.2. The number of nitrogens with zero attached hydrogens (tertiary/aromatic N) is 1. The first-order valence-corrected chi connectivity index (χ1v) is 11.3. The summed E-state index contributed by atoms with van der Waals surface area (Å²) in [7, 11) is 0. The first-order valence-electron chi connectivity index (χ1n) is 10.5. The molecule has 2 atom stereocenters. The van der Waals surface area contributed by atoms with Crippen molar-refractivity contribution >= 4 is 40.7 Å². The predicted octanol–water partition coefficient (Wildman–Crippen LogP) is 5.80. The maximum Gasteiger partial charge on any atom is 0.416 e. The minimum Gasteiger partial charge on any atom is -0.356 e. The Labute approximate surface area is 209 Å². The van der Waals surface area contributed by atoms with Crippen LogP contribution in [0.25, 0.3) is 0 Å². The van der Waals surface area contributed by atoms with Gasteiger partial charge in [-0.15, -0.1) is 0 Å². The van der Waals surface area contributed by atoms with Gasteiger partial charge in [0, 0.05) is 22.3 Å². The van der Waals surface area contributed by atoms with Crippen LogP contribution < -0.4 is 10.2 Å². The molecule has 182 valence electrons. The van der Waals surface area contributed by atoms with Crippen LogP contribution in [-0.4, -0.2) is 24.5 Å². The van der Waals surface area contributed by atoms with Gasteiger partial charge in [0.05, 0.1) is 11.6 Å². The minimum atomic E-state index is -4.61. The van der Waals surface area contributed by atoms with E-state index in [1.165, 1.54) is 23.1 Å². The quantitative estimate of drug-likeness (QED) is 0.460. The maximum atomic E-state index is 13.5. The zero-order valence-corrected chi connectivity index (χ0v) is 19.6. The van der Waals surface area contributed by atoms with Crippen molar-refractivity contribution in [3.63, 3.8) is 0 Å². The molecule has 0 aliphatic carbocycles. The van der Waals surface area contributed by atoms with Crippen LogP contribution in [0.4, 0.5) is 18.9 Å². The van der Waals surface area contributed by atoms with Gasteiger partial charge in [0.2, 0.25) is 0 Å². The number of halogens is 5. The van der Waals surface area contributed by atoms with Gasteiger partial charge in [0.25, 0.3) is 11.8 Å². The summed E-state index contributed by atoms with van der Waals surface area (Å²) in [5.41, 5.74) is 0.291. The summed E-state index contributed by atoms with van der Waals surface area (Å²) in [6, 6.07) is 16.5. The number of hydrogen-bond acceptors (Lipinski definition) is 3. The lowest BCUT2D eigenvalue weighted by Gasteiger charge is -2.40. The lowest BCUT2D eigenvalue weighted by atomic mass is 9.94. The van der Waals surface area contributed by atoms with Crippen LogP contribution in [0.15, 0.2) is 72.8 Å². The Morgan fingerprint density at radius 1 is 1.00 bits per heavy atom. The van der Waals surface area contributed by atoms with Crippen molar-refractivity contribution in [2.24, 2.45) is 0 Å². The number of carbonyl (C=O) groups excluding carboxylic acids is 2. The number of anilines is 1. The van der Waals surface area contributed by atoms with E-state index in [1.54, 1.807) is 42.5 Å². The van der Waals surface area contributed by atoms with Gasteiger partial charge in [-0.25, -0.2) is 0 Å². The van der Waals surface area contributed by atoms with E-state index < -0.39 is 42.3 Å². The molecule has 1 fully saturated rings. The van der Waals surface area contributed by atoms with Crippen LogP contribution in [0, 0.1) is 0 Å². The minimum absolute atomic E-state index is 0.0968. The van der Waals surface area contributed by atoms with Crippen LogP contribution in [0.3, 0.4) is 0 Å². The van der Waals surface area contributed by atoms with E-state index in [2.05, 4.69) is 5.32 Å². The van der Waals surface area contributed by atoms with E-state index in [4.69, 9.17) is 27.9 Å². The second kappa shape index (κ2) is 10.3. The van der Waals surface area contributed by atoms with E-state index >= 15 is 0 Å². The average Bonchev–Trinajstić information content (AvgIpc) is 2.83. The molecular formula is C25H19Cl2F3N2O3. The third kappa shape index (κ3) is 5.78. The van der Waals surface area contributed by atoms with Crippen molar-refractivity contribution in [3.05, 3.63) is 99.5 Å². The molecule has 10 heteroatoms. The normalized spacial score (nSPS) is 18.4. The highest BCUT2D eigenvalue weighted by molar-refractivity contribution is 6.31. The third-order valence-corrected chi connectivity index (χ3v) is 5.99. The lowest BCUT2D eigenvalue weighted by molar-refractivity contribution is -0.144. The van der Waals surface area contributed by atoms with Gasteiger partial charge in [-0.2, -0.15) is 13.2 Å². The monoisotopic (exact) mass is 522 g/mol. The number of hydrogen-bond donors (Lipinski definition) is 1. The molecular weight excluding hydrogens is 504 g/mol. The summed E-state index contributed by atoms with van der Waals surface area (Å²) in [5.74, 6) is -1.10. The van der Waals surface area contributed by atoms with E-state index in [1.807, 2.05) is 0 Å². The molecule has 0 saturated carbocycles. The van der Waals surface area contributed by atoms with Crippen molar-refractivity contribution in [1.29, 1.82) is 0 Å². The number of ether oxygens (including phenoxy) is 1. The molecule has 3 aromatic carbocycles. The van der Waals surface area contributed by atoms with Crippen molar-refractivity contribution in [1.82, 2.24) is 5.32 Å². The smallest absolute Gasteiger partial charge is 0.356 e. The highest BCUT2D eigenvalue weighted by Gasteiger charge is 2.43. The van der Waals surface area contributed by atoms with Gasteiger partial charge in [0.1, 0.15) is 6.61 Å². The molecule has 1 N–H and O–H groups in total. The molecule has 1 heterocycles. The number of morpholine rings is 1. The van der Waals surface area contributed by atoms with Crippen LogP contribution in [0.5, 0.6) is 0 Å². The zero-order valence-electron chi connectivity index (χ0n) is 18.1.